The SMILES string of the molecule is CCOC(=O)CC(C)(C)CC(=O)NNc1cc[nH]c(=O)c1. The van der Waals surface area contributed by atoms with E-state index in [1.54, 1.807) is 13.0 Å². The van der Waals surface area contributed by atoms with Gasteiger partial charge in [-0.05, 0) is 18.4 Å². The van der Waals surface area contributed by atoms with Crippen LogP contribution in [-0.2, 0) is 14.3 Å². The molecule has 0 aliphatic rings. The molecule has 1 aromatic rings. The van der Waals surface area contributed by atoms with Gasteiger partial charge in [-0.2, -0.15) is 0 Å². The van der Waals surface area contributed by atoms with Gasteiger partial charge in [0.05, 0.1) is 18.7 Å². The van der Waals surface area contributed by atoms with Crippen LogP contribution in [0.15, 0.2) is 23.1 Å². The number of hydrogen-bond acceptors (Lipinski definition) is 5. The lowest BCUT2D eigenvalue weighted by atomic mass is 9.85. The summed E-state index contributed by atoms with van der Waals surface area (Å²) in [5.74, 6) is -0.595. The van der Waals surface area contributed by atoms with Crippen LogP contribution in [0.2, 0.25) is 0 Å². The van der Waals surface area contributed by atoms with Crippen LogP contribution in [0.25, 0.3) is 0 Å². The van der Waals surface area contributed by atoms with Gasteiger partial charge < -0.3 is 9.72 Å². The monoisotopic (exact) mass is 295 g/mol. The van der Waals surface area contributed by atoms with Crippen molar-refractivity contribution in [3.8, 4) is 0 Å². The fourth-order valence-corrected chi connectivity index (χ4v) is 1.81. The number of aromatic nitrogens is 1. The van der Waals surface area contributed by atoms with Crippen molar-refractivity contribution in [2.75, 3.05) is 12.0 Å². The molecule has 0 saturated heterocycles. The molecule has 1 aromatic heterocycles. The lowest BCUT2D eigenvalue weighted by Gasteiger charge is -2.22. The molecular formula is C14H21N3O4. The Balaban J connectivity index is 2.45. The second kappa shape index (κ2) is 7.47. The first-order valence-corrected chi connectivity index (χ1v) is 6.71. The van der Waals surface area contributed by atoms with Crippen molar-refractivity contribution < 1.29 is 14.3 Å². The molecule has 0 aliphatic carbocycles. The molecule has 0 atom stereocenters. The molecule has 7 nitrogen and oxygen atoms in total. The van der Waals surface area contributed by atoms with Crippen molar-refractivity contribution in [2.45, 2.75) is 33.6 Å². The van der Waals surface area contributed by atoms with Crippen molar-refractivity contribution in [3.05, 3.63) is 28.7 Å². The fourth-order valence-electron chi connectivity index (χ4n) is 1.81. The summed E-state index contributed by atoms with van der Waals surface area (Å²) < 4.78 is 4.88. The van der Waals surface area contributed by atoms with E-state index in [9.17, 15) is 14.4 Å². The topological polar surface area (TPSA) is 100 Å². The predicted molar refractivity (Wildman–Crippen MR) is 78.5 cm³/mol. The molecule has 3 N–H and O–H groups in total. The number of esters is 1. The second-order valence-electron chi connectivity index (χ2n) is 5.44. The Morgan fingerprint density at radius 2 is 2.05 bits per heavy atom. The van der Waals surface area contributed by atoms with Crippen LogP contribution >= 0.6 is 0 Å². The molecule has 1 heterocycles. The quantitative estimate of drug-likeness (QED) is 0.518. The summed E-state index contributed by atoms with van der Waals surface area (Å²) in [6.45, 7) is 5.70. The standard InChI is InChI=1S/C14H21N3O4/c1-4-21-13(20)9-14(2,3)8-12(19)17-16-10-5-6-15-11(18)7-10/h5-7H,4,8-9H2,1-3H3,(H,17,19)(H2,15,16,18). The Labute approximate surface area is 123 Å². The number of rotatable bonds is 7. The summed E-state index contributed by atoms with van der Waals surface area (Å²) in [4.78, 5) is 36.9. The molecule has 0 bridgehead atoms. The van der Waals surface area contributed by atoms with Gasteiger partial charge in [0.25, 0.3) is 0 Å². The number of pyridine rings is 1. The fraction of sp³-hybridized carbons (Fsp3) is 0.500. The molecule has 0 aromatic carbocycles. The Morgan fingerprint density at radius 3 is 2.67 bits per heavy atom. The number of H-pyrrole nitrogens is 1. The van der Waals surface area contributed by atoms with Gasteiger partial charge in [0.15, 0.2) is 0 Å². The number of hydrazine groups is 1. The molecule has 1 rings (SSSR count). The zero-order valence-electron chi connectivity index (χ0n) is 12.5. The first-order valence-electron chi connectivity index (χ1n) is 6.71. The minimum atomic E-state index is -0.508. The van der Waals surface area contributed by atoms with Crippen molar-refractivity contribution in [1.29, 1.82) is 0 Å². The Bertz CT molecular complexity index is 551. The van der Waals surface area contributed by atoms with Crippen molar-refractivity contribution in [1.82, 2.24) is 10.4 Å². The lowest BCUT2D eigenvalue weighted by Crippen LogP contribution is -2.34. The van der Waals surface area contributed by atoms with Gasteiger partial charge >= 0.3 is 5.97 Å². The summed E-state index contributed by atoms with van der Waals surface area (Å²) in [6, 6.07) is 2.94. The minimum Gasteiger partial charge on any atom is -0.466 e. The van der Waals surface area contributed by atoms with Gasteiger partial charge in [-0.25, -0.2) is 0 Å². The van der Waals surface area contributed by atoms with Crippen LogP contribution < -0.4 is 16.4 Å². The van der Waals surface area contributed by atoms with E-state index in [-0.39, 0.29) is 30.3 Å². The maximum absolute atomic E-state index is 11.8. The predicted octanol–water partition coefficient (Wildman–Crippen LogP) is 1.19. The van der Waals surface area contributed by atoms with Crippen LogP contribution in [0.1, 0.15) is 33.6 Å². The molecule has 0 unspecified atom stereocenters. The molecule has 0 saturated carbocycles. The summed E-state index contributed by atoms with van der Waals surface area (Å²) >= 11 is 0. The molecule has 0 spiro atoms. The highest BCUT2D eigenvalue weighted by Gasteiger charge is 2.26. The number of ether oxygens (including phenoxy) is 1. The van der Waals surface area contributed by atoms with E-state index >= 15 is 0 Å². The smallest absolute Gasteiger partial charge is 0.306 e. The van der Waals surface area contributed by atoms with Gasteiger partial charge in [-0.3, -0.25) is 25.2 Å². The zero-order valence-corrected chi connectivity index (χ0v) is 12.5. The molecule has 0 radical (unpaired) electrons. The first-order chi connectivity index (χ1) is 9.82. The average Bonchev–Trinajstić information content (AvgIpc) is 2.35. The van der Waals surface area contributed by atoms with Crippen molar-refractivity contribution in [3.63, 3.8) is 0 Å². The third-order valence-electron chi connectivity index (χ3n) is 2.69. The zero-order chi connectivity index (χ0) is 15.9. The van der Waals surface area contributed by atoms with Crippen LogP contribution in [0.4, 0.5) is 5.69 Å². The maximum Gasteiger partial charge on any atom is 0.306 e. The highest BCUT2D eigenvalue weighted by molar-refractivity contribution is 5.79. The van der Waals surface area contributed by atoms with Gasteiger partial charge in [-0.15, -0.1) is 0 Å². The number of anilines is 1. The summed E-state index contributed by atoms with van der Waals surface area (Å²) in [7, 11) is 0. The molecule has 1 amide bonds. The largest absolute Gasteiger partial charge is 0.466 e. The van der Waals surface area contributed by atoms with Gasteiger partial charge in [0, 0.05) is 18.7 Å². The summed E-state index contributed by atoms with van der Waals surface area (Å²) in [5, 5.41) is 0. The molecule has 116 valence electrons. The van der Waals surface area contributed by atoms with E-state index in [2.05, 4.69) is 15.8 Å². The first kappa shape index (κ1) is 16.7. The minimum absolute atomic E-state index is 0.155. The van der Waals surface area contributed by atoms with Crippen LogP contribution in [0.5, 0.6) is 0 Å². The maximum atomic E-state index is 11.8. The normalized spacial score (nSPS) is 10.8. The highest BCUT2D eigenvalue weighted by atomic mass is 16.5. The van der Waals surface area contributed by atoms with E-state index in [4.69, 9.17) is 4.74 Å². The van der Waals surface area contributed by atoms with E-state index in [1.807, 2.05) is 13.8 Å². The van der Waals surface area contributed by atoms with Gasteiger partial charge in [-0.1, -0.05) is 13.8 Å². The average molecular weight is 295 g/mol. The van der Waals surface area contributed by atoms with E-state index < -0.39 is 5.41 Å². The highest BCUT2D eigenvalue weighted by Crippen LogP contribution is 2.25. The molecule has 0 fully saturated rings. The number of hydrogen-bond donors (Lipinski definition) is 3. The van der Waals surface area contributed by atoms with E-state index in [1.165, 1.54) is 12.3 Å². The van der Waals surface area contributed by atoms with Crippen LogP contribution in [-0.4, -0.2) is 23.5 Å². The number of carbonyl (C=O) groups is 2. The third kappa shape index (κ3) is 6.60. The Hall–Kier alpha value is -2.31. The number of aromatic amines is 1. The molecule has 7 heteroatoms. The van der Waals surface area contributed by atoms with Crippen LogP contribution in [0.3, 0.4) is 0 Å². The summed E-state index contributed by atoms with van der Waals surface area (Å²) in [5.41, 5.74) is 4.85. The number of carbonyl (C=O) groups excluding carboxylic acids is 2. The second-order valence-corrected chi connectivity index (χ2v) is 5.44. The van der Waals surface area contributed by atoms with E-state index in [0.717, 1.165) is 0 Å². The number of amides is 1. The molecule has 0 aliphatic heterocycles. The van der Waals surface area contributed by atoms with Crippen LogP contribution in [0, 0.1) is 5.41 Å². The van der Waals surface area contributed by atoms with Crippen molar-refractivity contribution in [2.24, 2.45) is 5.41 Å². The Morgan fingerprint density at radius 1 is 1.33 bits per heavy atom. The van der Waals surface area contributed by atoms with E-state index in [0.29, 0.717) is 12.3 Å². The van der Waals surface area contributed by atoms with Gasteiger partial charge in [0.2, 0.25) is 11.5 Å². The molecule has 21 heavy (non-hydrogen) atoms. The lowest BCUT2D eigenvalue weighted by molar-refractivity contribution is -0.145. The van der Waals surface area contributed by atoms with Gasteiger partial charge in [0.1, 0.15) is 0 Å². The van der Waals surface area contributed by atoms with Crippen molar-refractivity contribution >= 4 is 17.6 Å². The summed E-state index contributed by atoms with van der Waals surface area (Å²) in [6.07, 6.45) is 1.79. The molecular weight excluding hydrogens is 274 g/mol. The Kier molecular flexibility index (Phi) is 5.95. The third-order valence-corrected chi connectivity index (χ3v) is 2.69. The number of nitrogens with one attached hydrogen (secondary N) is 3.